The van der Waals surface area contributed by atoms with Crippen LogP contribution in [-0.2, 0) is 48.0 Å². The van der Waals surface area contributed by atoms with Crippen LogP contribution in [0.5, 0.6) is 5.75 Å². The van der Waals surface area contributed by atoms with Gasteiger partial charge in [0.2, 0.25) is 0 Å². The normalized spacial score (nSPS) is 23.9. The first kappa shape index (κ1) is 45.7. The van der Waals surface area contributed by atoms with Crippen LogP contribution in [0.2, 0.25) is 5.82 Å². The Kier molecular flexibility index (Phi) is 13.3. The molecule has 5 fully saturated rings. The molecule has 1 N–H and O–H groups in total. The highest BCUT2D eigenvalue weighted by Gasteiger charge is 2.68. The van der Waals surface area contributed by atoms with E-state index in [2.05, 4.69) is 41.1 Å². The van der Waals surface area contributed by atoms with Crippen LogP contribution in [0.3, 0.4) is 0 Å². The number of methoxy groups -OCH3 is 1. The molecule has 3 saturated carbocycles. The number of rotatable bonds is 15. The number of carbonyl (C=O) groups is 3. The maximum atomic E-state index is 14.9. The molecule has 1 aromatic heterocycles. The Morgan fingerprint density at radius 3 is 2.34 bits per heavy atom. The number of ether oxygens (including phenoxy) is 3. The zero-order valence-electron chi connectivity index (χ0n) is 38.0. The highest BCUT2D eigenvalue weighted by Crippen LogP contribution is 2.66. The summed E-state index contributed by atoms with van der Waals surface area (Å²) in [7, 11) is 0.814. The Balaban J connectivity index is 1.24. The lowest BCUT2D eigenvalue weighted by atomic mass is 9.43. The lowest BCUT2D eigenvalue weighted by molar-refractivity contribution is -0.199. The molecule has 2 aliphatic heterocycles. The quantitative estimate of drug-likeness (QED) is 0.0675. The van der Waals surface area contributed by atoms with Gasteiger partial charge in [-0.25, -0.2) is 14.6 Å². The number of Topliss-reactive ketones (excluding diaryl/α,β-unsaturated/α-hetero) is 1. The monoisotopic (exact) mass is 870 g/mol. The molecule has 2 aromatic carbocycles. The maximum absolute atomic E-state index is 14.9. The van der Waals surface area contributed by atoms with Crippen LogP contribution in [0.15, 0.2) is 53.0 Å². The summed E-state index contributed by atoms with van der Waals surface area (Å²) in [5.41, 5.74) is 1.16. The fourth-order valence-electron chi connectivity index (χ4n) is 9.73. The predicted octanol–water partition coefficient (Wildman–Crippen LogP) is 9.27. The van der Waals surface area contributed by atoms with Gasteiger partial charge in [-0.2, -0.15) is 0 Å². The van der Waals surface area contributed by atoms with E-state index in [1.165, 1.54) is 0 Å². The zero-order valence-corrected chi connectivity index (χ0v) is 38.8. The Bertz CT molecular complexity index is 2140. The number of likely N-dealkylation sites (tertiary alicyclic amines) is 1. The molecular formula is C47H63BN4O9S. The highest BCUT2D eigenvalue weighted by atomic mass is 32.1. The van der Waals surface area contributed by atoms with Crippen LogP contribution in [0.25, 0.3) is 0 Å². The van der Waals surface area contributed by atoms with Gasteiger partial charge in [0.25, 0.3) is 0 Å². The van der Waals surface area contributed by atoms with E-state index in [1.807, 2.05) is 63.2 Å². The van der Waals surface area contributed by atoms with E-state index in [1.54, 1.807) is 33.3 Å². The van der Waals surface area contributed by atoms with Crippen LogP contribution in [-0.4, -0.2) is 83.7 Å². The maximum Gasteiger partial charge on any atom is 0.461 e. The topological polar surface area (TPSA) is 147 Å². The van der Waals surface area contributed by atoms with Crippen LogP contribution < -0.4 is 10.1 Å². The lowest BCUT2D eigenvalue weighted by Gasteiger charge is -2.64. The van der Waals surface area contributed by atoms with E-state index in [-0.39, 0.29) is 53.3 Å². The Morgan fingerprint density at radius 1 is 0.984 bits per heavy atom. The van der Waals surface area contributed by atoms with Crippen molar-refractivity contribution in [2.24, 2.45) is 22.4 Å². The second-order valence-corrected chi connectivity index (χ2v) is 20.9. The molecule has 3 heterocycles. The van der Waals surface area contributed by atoms with E-state index in [0.29, 0.717) is 29.7 Å². The molecule has 62 heavy (non-hydrogen) atoms. The number of amides is 1. The van der Waals surface area contributed by atoms with Crippen molar-refractivity contribution in [1.82, 2.24) is 9.88 Å². The third-order valence-corrected chi connectivity index (χ3v) is 13.6. The number of thiazole rings is 1. The third kappa shape index (κ3) is 10.2. The van der Waals surface area contributed by atoms with Gasteiger partial charge in [0.15, 0.2) is 16.6 Å². The van der Waals surface area contributed by atoms with E-state index in [4.69, 9.17) is 28.4 Å². The first-order valence-corrected chi connectivity index (χ1v) is 22.8. The van der Waals surface area contributed by atoms with Gasteiger partial charge in [-0.3, -0.25) is 15.0 Å². The highest BCUT2D eigenvalue weighted by molar-refractivity contribution is 7.14. The fraction of sp³-hybridized carbons (Fsp3) is 0.596. The number of aromatic nitrogens is 1. The zero-order chi connectivity index (χ0) is 44.6. The average Bonchev–Trinajstić information content (AvgIpc) is 3.95. The second kappa shape index (κ2) is 18.1. The van der Waals surface area contributed by atoms with Gasteiger partial charge in [0, 0.05) is 24.2 Å². The van der Waals surface area contributed by atoms with Gasteiger partial charge in [-0.1, -0.05) is 61.5 Å². The molecule has 8 rings (SSSR count). The number of nitrogens with zero attached hydrogens (tertiary/aromatic N) is 3. The van der Waals surface area contributed by atoms with Gasteiger partial charge in [0.05, 0.1) is 18.8 Å². The van der Waals surface area contributed by atoms with Crippen LogP contribution in [0.4, 0.5) is 9.93 Å². The number of ketones is 1. The Hall–Kier alpha value is -4.31. The molecule has 5 aliphatic rings. The van der Waals surface area contributed by atoms with Crippen molar-refractivity contribution >= 4 is 47.1 Å². The van der Waals surface area contributed by atoms with Crippen molar-refractivity contribution in [3.05, 3.63) is 75.8 Å². The summed E-state index contributed by atoms with van der Waals surface area (Å²) in [5, 5.41) is 8.98. The van der Waals surface area contributed by atoms with Gasteiger partial charge in [-0.05, 0) is 128 Å². The molecule has 0 radical (unpaired) electrons. The minimum Gasteiger partial charge on any atom is -0.496 e. The summed E-state index contributed by atoms with van der Waals surface area (Å²) in [5.74, 6) is -0.125. The summed E-state index contributed by atoms with van der Waals surface area (Å²) in [6.45, 7) is 20.3. The standard InChI is InChI=1S/C47H63BN4O9S/c1-44(2,3)58-41(54)38-31(26-52-20-14-15-21-52)19-18-30(40(38)56-10)22-33(48-60-37-24-32-23-36(46(32,7)8)47(37,9)61-48)25-35(53)39(51-57-27-29-16-12-11-13-17-29)34-28-62-42(49-34)50-43(55)59-45(4,5)6/h11-13,16-19,28,32-33,36-37H,14-15,20-27H2,1-10H3,(H,49,50,55)/b51-39-/t32-,33+,36-,37?,47-/m0/s1. The molecule has 334 valence electrons. The third-order valence-electron chi connectivity index (χ3n) is 12.9. The van der Waals surface area contributed by atoms with E-state index in [9.17, 15) is 14.4 Å². The second-order valence-electron chi connectivity index (χ2n) is 20.1. The van der Waals surface area contributed by atoms with Gasteiger partial charge in [-0.15, -0.1) is 11.3 Å². The summed E-state index contributed by atoms with van der Waals surface area (Å²) in [6, 6.07) is 13.5. The molecule has 3 aromatic rings. The van der Waals surface area contributed by atoms with Gasteiger partial charge >= 0.3 is 19.2 Å². The molecule has 13 nitrogen and oxygen atoms in total. The fourth-order valence-corrected chi connectivity index (χ4v) is 10.4. The van der Waals surface area contributed by atoms with Crippen LogP contribution in [0, 0.1) is 17.3 Å². The number of benzene rings is 2. The molecule has 1 unspecified atom stereocenters. The van der Waals surface area contributed by atoms with Crippen molar-refractivity contribution in [2.45, 2.75) is 143 Å². The van der Waals surface area contributed by atoms with E-state index >= 15 is 0 Å². The minimum atomic E-state index is -0.755. The summed E-state index contributed by atoms with van der Waals surface area (Å²) in [4.78, 5) is 54.4. The number of esters is 1. The van der Waals surface area contributed by atoms with Crippen molar-refractivity contribution < 1.29 is 42.7 Å². The number of hydrogen-bond donors (Lipinski definition) is 1. The summed E-state index contributed by atoms with van der Waals surface area (Å²) >= 11 is 1.14. The first-order chi connectivity index (χ1) is 29.2. The van der Waals surface area contributed by atoms with Crippen molar-refractivity contribution in [1.29, 1.82) is 0 Å². The SMILES string of the molecule is COc1c(C[C@H](CC(=O)/C(=N\OCc2ccccc2)c2csc(NC(=O)OC(C)(C)C)n2)B2OC3C[C@@H]4C[C@@H](C4(C)C)[C@]3(C)O2)ccc(CN2CCCC2)c1C(=O)OC(C)(C)C. The molecular weight excluding hydrogens is 807 g/mol. The smallest absolute Gasteiger partial charge is 0.461 e. The molecule has 2 saturated heterocycles. The minimum absolute atomic E-state index is 0.00759. The number of oxime groups is 1. The van der Waals surface area contributed by atoms with E-state index < -0.39 is 41.8 Å². The largest absolute Gasteiger partial charge is 0.496 e. The lowest BCUT2D eigenvalue weighted by Crippen LogP contribution is -2.65. The Morgan fingerprint density at radius 2 is 1.68 bits per heavy atom. The van der Waals surface area contributed by atoms with Gasteiger partial charge in [0.1, 0.15) is 34.8 Å². The molecule has 5 atom stereocenters. The molecule has 1 amide bonds. The van der Waals surface area contributed by atoms with Crippen LogP contribution in [0.1, 0.15) is 127 Å². The van der Waals surface area contributed by atoms with Crippen molar-refractivity contribution in [2.75, 3.05) is 25.5 Å². The summed E-state index contributed by atoms with van der Waals surface area (Å²) < 4.78 is 31.5. The predicted molar refractivity (Wildman–Crippen MR) is 240 cm³/mol. The number of nitrogens with one attached hydrogen (secondary N) is 1. The van der Waals surface area contributed by atoms with Crippen molar-refractivity contribution in [3.63, 3.8) is 0 Å². The first-order valence-electron chi connectivity index (χ1n) is 21.9. The molecule has 3 aliphatic carbocycles. The number of anilines is 1. The number of hydrogen-bond acceptors (Lipinski definition) is 13. The molecule has 2 bridgehead atoms. The van der Waals surface area contributed by atoms with Crippen LogP contribution >= 0.6 is 11.3 Å². The Labute approximate surface area is 370 Å². The van der Waals surface area contributed by atoms with Crippen molar-refractivity contribution in [3.8, 4) is 5.75 Å². The average molecular weight is 871 g/mol. The molecule has 15 heteroatoms. The molecule has 0 spiro atoms. The summed E-state index contributed by atoms with van der Waals surface area (Å²) in [6.07, 6.45) is 3.58. The van der Waals surface area contributed by atoms with Gasteiger partial charge < -0.3 is 28.4 Å². The van der Waals surface area contributed by atoms with E-state index in [0.717, 1.165) is 66.8 Å². The number of carbonyl (C=O) groups excluding carboxylic acids is 3.